The van der Waals surface area contributed by atoms with E-state index in [0.717, 1.165) is 0 Å². The lowest BCUT2D eigenvalue weighted by Crippen LogP contribution is -2.16. The first-order valence-corrected chi connectivity index (χ1v) is 3.12. The van der Waals surface area contributed by atoms with E-state index in [4.69, 9.17) is 0 Å². The first-order chi connectivity index (χ1) is 6.25. The number of anilines is 1. The molecule has 0 aliphatic carbocycles. The van der Waals surface area contributed by atoms with E-state index in [-0.39, 0.29) is 0 Å². The molecule has 0 saturated heterocycles. The molecule has 0 aromatic carbocycles. The van der Waals surface area contributed by atoms with Crippen LogP contribution in [0.1, 0.15) is 5.69 Å². The number of halogens is 6. The van der Waals surface area contributed by atoms with Crippen molar-refractivity contribution in [3.05, 3.63) is 23.3 Å². The Kier molecular flexibility index (Phi) is 2.30. The van der Waals surface area contributed by atoms with Crippen LogP contribution in [0.2, 0.25) is 0 Å². The molecule has 0 aliphatic heterocycles. The second-order valence-corrected chi connectivity index (χ2v) is 2.29. The molecule has 78 valence electrons. The summed E-state index contributed by atoms with van der Waals surface area (Å²) in [5.41, 5.74) is 0.841. The third kappa shape index (κ3) is 1.59. The van der Waals surface area contributed by atoms with Crippen molar-refractivity contribution in [3.63, 3.8) is 0 Å². The Morgan fingerprint density at radius 1 is 1.00 bits per heavy atom. The van der Waals surface area contributed by atoms with Gasteiger partial charge in [-0.3, -0.25) is 0 Å². The minimum atomic E-state index is -5.22. The number of nitrogens with two attached hydrogens (primary N) is 1. The quantitative estimate of drug-likeness (QED) is 0.532. The zero-order valence-electron chi connectivity index (χ0n) is 6.29. The van der Waals surface area contributed by atoms with Gasteiger partial charge in [0.15, 0.2) is 11.5 Å². The van der Waals surface area contributed by atoms with E-state index in [1.807, 2.05) is 0 Å². The van der Waals surface area contributed by atoms with Crippen molar-refractivity contribution in [2.45, 2.75) is 6.18 Å². The molecule has 2 N–H and O–H groups in total. The van der Waals surface area contributed by atoms with Crippen LogP contribution in [0, 0.1) is 17.6 Å². The van der Waals surface area contributed by atoms with Crippen LogP contribution < -0.4 is 5.73 Å². The highest BCUT2D eigenvalue weighted by atomic mass is 19.4. The minimum Gasteiger partial charge on any atom is -0.394 e. The molecule has 0 saturated carbocycles. The lowest BCUT2D eigenvalue weighted by atomic mass is 10.3. The smallest absolute Gasteiger partial charge is 0.394 e. The van der Waals surface area contributed by atoms with Crippen LogP contribution in [-0.4, -0.2) is 4.98 Å². The van der Waals surface area contributed by atoms with Crippen molar-refractivity contribution < 1.29 is 26.3 Å². The van der Waals surface area contributed by atoms with Gasteiger partial charge in [-0.1, -0.05) is 0 Å². The number of alkyl halides is 3. The van der Waals surface area contributed by atoms with Gasteiger partial charge in [-0.05, 0) is 0 Å². The van der Waals surface area contributed by atoms with E-state index in [1.54, 1.807) is 0 Å². The Hall–Kier alpha value is -1.47. The van der Waals surface area contributed by atoms with E-state index < -0.39 is 35.1 Å². The van der Waals surface area contributed by atoms with Crippen LogP contribution in [0.15, 0.2) is 0 Å². The maximum absolute atomic E-state index is 12.6. The molecule has 8 heteroatoms. The van der Waals surface area contributed by atoms with Crippen LogP contribution in [-0.2, 0) is 6.18 Å². The van der Waals surface area contributed by atoms with Gasteiger partial charge in [-0.2, -0.15) is 22.0 Å². The molecule has 1 aromatic rings. The molecule has 0 spiro atoms. The molecule has 0 atom stereocenters. The van der Waals surface area contributed by atoms with E-state index >= 15 is 0 Å². The summed E-state index contributed by atoms with van der Waals surface area (Å²) in [6.07, 6.45) is -5.22. The summed E-state index contributed by atoms with van der Waals surface area (Å²) < 4.78 is 73.0. The summed E-state index contributed by atoms with van der Waals surface area (Å²) in [5.74, 6) is -6.14. The maximum Gasteiger partial charge on any atom is 0.436 e. The van der Waals surface area contributed by atoms with Crippen LogP contribution >= 0.6 is 0 Å². The fourth-order valence-electron chi connectivity index (χ4n) is 0.719. The molecule has 0 fully saturated rings. The molecule has 14 heavy (non-hydrogen) atoms. The second-order valence-electron chi connectivity index (χ2n) is 2.29. The zero-order chi connectivity index (χ0) is 11.1. The average Bonchev–Trinajstić information content (AvgIpc) is 2.06. The van der Waals surface area contributed by atoms with Gasteiger partial charge < -0.3 is 5.73 Å². The molecular weight excluding hydrogens is 214 g/mol. The number of hydrogen-bond donors (Lipinski definition) is 1. The van der Waals surface area contributed by atoms with Gasteiger partial charge >= 0.3 is 6.18 Å². The second kappa shape index (κ2) is 3.03. The number of nitrogen functional groups attached to an aromatic ring is 1. The average molecular weight is 216 g/mol. The Morgan fingerprint density at radius 2 is 1.50 bits per heavy atom. The maximum atomic E-state index is 12.6. The summed E-state index contributed by atoms with van der Waals surface area (Å²) in [6.45, 7) is 0. The molecule has 1 aromatic heterocycles. The van der Waals surface area contributed by atoms with Gasteiger partial charge in [0.2, 0.25) is 5.82 Å². The van der Waals surface area contributed by atoms with Crippen LogP contribution in [0.5, 0.6) is 0 Å². The summed E-state index contributed by atoms with van der Waals surface area (Å²) in [5, 5.41) is 0. The van der Waals surface area contributed by atoms with Crippen molar-refractivity contribution in [3.8, 4) is 0 Å². The third-order valence-corrected chi connectivity index (χ3v) is 1.34. The lowest BCUT2D eigenvalue weighted by molar-refractivity contribution is -0.144. The Labute approximate surface area is 73.3 Å². The number of hydrogen-bond acceptors (Lipinski definition) is 2. The van der Waals surface area contributed by atoms with E-state index in [0.29, 0.717) is 0 Å². The highest BCUT2D eigenvalue weighted by Gasteiger charge is 2.39. The number of pyridine rings is 1. The van der Waals surface area contributed by atoms with Crippen molar-refractivity contribution in [1.29, 1.82) is 0 Å². The summed E-state index contributed by atoms with van der Waals surface area (Å²) in [4.78, 5) is 2.08. The SMILES string of the molecule is Nc1c(F)c(F)nc(C(F)(F)F)c1F. The van der Waals surface area contributed by atoms with Gasteiger partial charge in [0, 0.05) is 0 Å². The van der Waals surface area contributed by atoms with Crippen molar-refractivity contribution in [1.82, 2.24) is 4.98 Å². The highest BCUT2D eigenvalue weighted by molar-refractivity contribution is 5.42. The molecule has 2 nitrogen and oxygen atoms in total. The zero-order valence-corrected chi connectivity index (χ0v) is 6.29. The number of rotatable bonds is 0. The summed E-state index contributed by atoms with van der Waals surface area (Å²) in [6, 6.07) is 0. The first-order valence-electron chi connectivity index (χ1n) is 3.12. The Morgan fingerprint density at radius 3 is 1.93 bits per heavy atom. The summed E-state index contributed by atoms with van der Waals surface area (Å²) in [7, 11) is 0. The van der Waals surface area contributed by atoms with Gasteiger partial charge in [0.25, 0.3) is 5.95 Å². The van der Waals surface area contributed by atoms with Crippen LogP contribution in [0.4, 0.5) is 32.0 Å². The molecule has 0 bridgehead atoms. The fraction of sp³-hybridized carbons (Fsp3) is 0.167. The standard InChI is InChI=1S/C6H2F6N2/c7-1-3(13)2(8)5(9)14-4(1)6(10,11)12/h(H2,13,14). The molecule has 0 aliphatic rings. The molecule has 0 amide bonds. The van der Waals surface area contributed by atoms with E-state index in [9.17, 15) is 26.3 Å². The highest BCUT2D eigenvalue weighted by Crippen LogP contribution is 2.32. The molecule has 1 rings (SSSR count). The molecule has 0 radical (unpaired) electrons. The third-order valence-electron chi connectivity index (χ3n) is 1.34. The van der Waals surface area contributed by atoms with Crippen LogP contribution in [0.3, 0.4) is 0 Å². The lowest BCUT2D eigenvalue weighted by Gasteiger charge is -2.08. The largest absolute Gasteiger partial charge is 0.436 e. The molecular formula is C6H2F6N2. The fourth-order valence-corrected chi connectivity index (χ4v) is 0.719. The van der Waals surface area contributed by atoms with E-state index in [2.05, 4.69) is 10.7 Å². The minimum absolute atomic E-state index is 1.54. The Balaban J connectivity index is 3.49. The predicted octanol–water partition coefficient (Wildman–Crippen LogP) is 2.10. The van der Waals surface area contributed by atoms with Crippen LogP contribution in [0.25, 0.3) is 0 Å². The van der Waals surface area contributed by atoms with E-state index in [1.165, 1.54) is 0 Å². The predicted molar refractivity (Wildman–Crippen MR) is 33.5 cm³/mol. The van der Waals surface area contributed by atoms with Gasteiger partial charge in [0.05, 0.1) is 0 Å². The van der Waals surface area contributed by atoms with Gasteiger partial charge in [-0.25, -0.2) is 9.37 Å². The van der Waals surface area contributed by atoms with Crippen molar-refractivity contribution in [2.75, 3.05) is 5.73 Å². The number of nitrogens with zero attached hydrogens (tertiary/aromatic N) is 1. The Bertz CT molecular complexity index is 372. The molecule has 1 heterocycles. The molecule has 0 unspecified atom stereocenters. The monoisotopic (exact) mass is 216 g/mol. The topological polar surface area (TPSA) is 38.9 Å². The normalized spacial score (nSPS) is 11.9. The van der Waals surface area contributed by atoms with Crippen molar-refractivity contribution >= 4 is 5.69 Å². The van der Waals surface area contributed by atoms with Crippen molar-refractivity contribution in [2.24, 2.45) is 0 Å². The summed E-state index contributed by atoms with van der Waals surface area (Å²) >= 11 is 0. The first kappa shape index (κ1) is 10.6. The number of aromatic nitrogens is 1. The van der Waals surface area contributed by atoms with Gasteiger partial charge in [-0.15, -0.1) is 0 Å². The van der Waals surface area contributed by atoms with Gasteiger partial charge in [0.1, 0.15) is 5.69 Å².